The van der Waals surface area contributed by atoms with E-state index in [4.69, 9.17) is 15.2 Å². The highest BCUT2D eigenvalue weighted by atomic mass is 16.5. The number of hydrogen-bond acceptors (Lipinski definition) is 6. The van der Waals surface area contributed by atoms with Gasteiger partial charge in [-0.1, -0.05) is 18.2 Å². The highest BCUT2D eigenvalue weighted by Crippen LogP contribution is 2.29. The van der Waals surface area contributed by atoms with Gasteiger partial charge in [0.25, 0.3) is 0 Å². The molecule has 2 rings (SSSR count). The number of nitrogens with two attached hydrogens (primary N) is 1. The lowest BCUT2D eigenvalue weighted by atomic mass is 10.1. The minimum atomic E-state index is -0.374. The summed E-state index contributed by atoms with van der Waals surface area (Å²) in [6.07, 6.45) is 3.66. The topological polar surface area (TPSA) is 111 Å². The number of rotatable bonds is 9. The maximum Gasteiger partial charge on any atom is 0.248 e. The van der Waals surface area contributed by atoms with Crippen molar-refractivity contribution < 1.29 is 24.2 Å². The van der Waals surface area contributed by atoms with Crippen LogP contribution in [0.3, 0.4) is 0 Å². The molecule has 7 nitrogen and oxygen atoms in total. The van der Waals surface area contributed by atoms with E-state index >= 15 is 0 Å². The van der Waals surface area contributed by atoms with Crippen LogP contribution in [0.2, 0.25) is 0 Å². The van der Waals surface area contributed by atoms with E-state index in [0.717, 1.165) is 0 Å². The van der Waals surface area contributed by atoms with Crippen LogP contribution in [0.15, 0.2) is 59.9 Å². The summed E-state index contributed by atoms with van der Waals surface area (Å²) in [4.78, 5) is 23.3. The van der Waals surface area contributed by atoms with Crippen molar-refractivity contribution in [2.24, 2.45) is 5.73 Å². The molecule has 158 valence electrons. The van der Waals surface area contributed by atoms with E-state index < -0.39 is 0 Å². The van der Waals surface area contributed by atoms with Crippen LogP contribution < -0.4 is 20.5 Å². The predicted octanol–water partition coefficient (Wildman–Crippen LogP) is 3.72. The van der Waals surface area contributed by atoms with E-state index in [0.29, 0.717) is 40.2 Å². The lowest BCUT2D eigenvalue weighted by Crippen LogP contribution is -2.24. The molecule has 0 aromatic heterocycles. The zero-order valence-electron chi connectivity index (χ0n) is 17.2. The molecule has 0 radical (unpaired) electrons. The van der Waals surface area contributed by atoms with Crippen molar-refractivity contribution in [3.8, 4) is 11.5 Å². The first-order valence-corrected chi connectivity index (χ1v) is 9.34. The lowest BCUT2D eigenvalue weighted by molar-refractivity contribution is -0.111. The number of anilines is 1. The van der Waals surface area contributed by atoms with E-state index in [2.05, 4.69) is 5.32 Å². The Morgan fingerprint density at radius 1 is 1.23 bits per heavy atom. The normalized spacial score (nSPS) is 12.8. The van der Waals surface area contributed by atoms with E-state index in [1.54, 1.807) is 62.4 Å². The van der Waals surface area contributed by atoms with Crippen LogP contribution in [-0.2, 0) is 4.79 Å². The average Bonchev–Trinajstić information content (AvgIpc) is 2.72. The van der Waals surface area contributed by atoms with Crippen molar-refractivity contribution >= 4 is 24.0 Å². The molecule has 0 spiro atoms. The number of benzene rings is 2. The molecule has 0 heterocycles. The average molecular weight is 410 g/mol. The zero-order chi connectivity index (χ0) is 22.1. The third-order valence-corrected chi connectivity index (χ3v) is 4.36. The van der Waals surface area contributed by atoms with Gasteiger partial charge in [0.2, 0.25) is 5.91 Å². The molecular formula is C23H26N2O5. The van der Waals surface area contributed by atoms with Gasteiger partial charge < -0.3 is 25.6 Å². The Kier molecular flexibility index (Phi) is 8.19. The summed E-state index contributed by atoms with van der Waals surface area (Å²) in [5, 5.41) is 12.4. The molecular weight excluding hydrogens is 384 g/mol. The smallest absolute Gasteiger partial charge is 0.248 e. The lowest BCUT2D eigenvalue weighted by Gasteiger charge is -2.16. The molecule has 0 aliphatic rings. The van der Waals surface area contributed by atoms with Crippen LogP contribution in [0.25, 0.3) is 6.08 Å². The molecule has 2 aromatic rings. The Labute approximate surface area is 175 Å². The summed E-state index contributed by atoms with van der Waals surface area (Å²) >= 11 is 0. The quantitative estimate of drug-likeness (QED) is 0.330. The number of ether oxygens (including phenoxy) is 2. The number of para-hydroxylation sites is 1. The van der Waals surface area contributed by atoms with Crippen LogP contribution >= 0.6 is 0 Å². The van der Waals surface area contributed by atoms with Crippen LogP contribution in [0.1, 0.15) is 29.8 Å². The van der Waals surface area contributed by atoms with Gasteiger partial charge in [0, 0.05) is 23.3 Å². The molecule has 2 aromatic carbocycles. The van der Waals surface area contributed by atoms with Gasteiger partial charge in [0.05, 0.1) is 18.6 Å². The van der Waals surface area contributed by atoms with Crippen LogP contribution in [0.5, 0.6) is 11.5 Å². The molecule has 0 aliphatic heterocycles. The number of hydrogen-bond donors (Lipinski definition) is 3. The molecule has 30 heavy (non-hydrogen) atoms. The van der Waals surface area contributed by atoms with E-state index in [9.17, 15) is 14.7 Å². The van der Waals surface area contributed by atoms with Crippen molar-refractivity contribution in [3.63, 3.8) is 0 Å². The summed E-state index contributed by atoms with van der Waals surface area (Å²) < 4.78 is 11.1. The maximum absolute atomic E-state index is 12.2. The first-order valence-electron chi connectivity index (χ1n) is 9.34. The molecule has 0 saturated heterocycles. The van der Waals surface area contributed by atoms with Gasteiger partial charge >= 0.3 is 0 Å². The number of carbonyl (C=O) groups is 2. The summed E-state index contributed by atoms with van der Waals surface area (Å²) in [7, 11) is 1.52. The Hall–Kier alpha value is -3.58. The summed E-state index contributed by atoms with van der Waals surface area (Å²) in [6.45, 7) is 3.42. The third-order valence-electron chi connectivity index (χ3n) is 4.36. The summed E-state index contributed by atoms with van der Waals surface area (Å²) in [5.74, 6) is 0.704. The van der Waals surface area contributed by atoms with Crippen LogP contribution in [0.4, 0.5) is 5.69 Å². The second-order valence-corrected chi connectivity index (χ2v) is 6.63. The Morgan fingerprint density at radius 2 is 1.97 bits per heavy atom. The fourth-order valence-electron chi connectivity index (χ4n) is 2.69. The van der Waals surface area contributed by atoms with Crippen molar-refractivity contribution in [1.82, 2.24) is 0 Å². The van der Waals surface area contributed by atoms with Crippen molar-refractivity contribution in [1.29, 1.82) is 0 Å². The SMILES string of the molecule is COc1ccc(/C=C/C(=O)Nc2ccccc2C=O)cc1OC/C(=C(\C)O)C(C)N. The molecule has 0 saturated carbocycles. The first kappa shape index (κ1) is 22.7. The third kappa shape index (κ3) is 6.22. The zero-order valence-corrected chi connectivity index (χ0v) is 17.2. The standard InChI is InChI=1S/C23H26N2O5/c1-15(24)19(16(2)27)14-30-22-12-17(8-10-21(22)29-3)9-11-23(28)25-20-7-5-4-6-18(20)13-26/h4-13,15,27H,14,24H2,1-3H3,(H,25,28)/b11-9+,19-16-. The minimum absolute atomic E-state index is 0.104. The number of carbonyl (C=O) groups excluding carboxylic acids is 2. The van der Waals surface area contributed by atoms with E-state index in [1.165, 1.54) is 13.2 Å². The number of aliphatic hydroxyl groups is 1. The molecule has 0 fully saturated rings. The number of aldehydes is 1. The van der Waals surface area contributed by atoms with Crippen molar-refractivity contribution in [2.45, 2.75) is 19.9 Å². The number of nitrogens with one attached hydrogen (secondary N) is 1. The fraction of sp³-hybridized carbons (Fsp3) is 0.217. The molecule has 1 amide bonds. The number of allylic oxidation sites excluding steroid dienone is 1. The minimum Gasteiger partial charge on any atom is -0.512 e. The highest BCUT2D eigenvalue weighted by Gasteiger charge is 2.12. The van der Waals surface area contributed by atoms with Gasteiger partial charge in [-0.3, -0.25) is 9.59 Å². The van der Waals surface area contributed by atoms with Gasteiger partial charge in [0.15, 0.2) is 17.8 Å². The van der Waals surface area contributed by atoms with Gasteiger partial charge in [-0.25, -0.2) is 0 Å². The molecule has 1 unspecified atom stereocenters. The van der Waals surface area contributed by atoms with Gasteiger partial charge in [-0.15, -0.1) is 0 Å². The molecule has 4 N–H and O–H groups in total. The van der Waals surface area contributed by atoms with Crippen molar-refractivity contribution in [2.75, 3.05) is 19.0 Å². The van der Waals surface area contributed by atoms with Gasteiger partial charge in [-0.05, 0) is 49.8 Å². The van der Waals surface area contributed by atoms with Crippen LogP contribution in [0, 0.1) is 0 Å². The molecule has 0 aliphatic carbocycles. The highest BCUT2D eigenvalue weighted by molar-refractivity contribution is 6.04. The Morgan fingerprint density at radius 3 is 2.60 bits per heavy atom. The van der Waals surface area contributed by atoms with Gasteiger partial charge in [-0.2, -0.15) is 0 Å². The van der Waals surface area contributed by atoms with Crippen LogP contribution in [-0.4, -0.2) is 37.1 Å². The second-order valence-electron chi connectivity index (χ2n) is 6.63. The molecule has 7 heteroatoms. The molecule has 1 atom stereocenters. The second kappa shape index (κ2) is 10.8. The summed E-state index contributed by atoms with van der Waals surface area (Å²) in [6, 6.07) is 11.6. The molecule has 0 bridgehead atoms. The Bertz CT molecular complexity index is 960. The Balaban J connectivity index is 2.14. The number of amides is 1. The van der Waals surface area contributed by atoms with Crippen molar-refractivity contribution in [3.05, 3.63) is 71.0 Å². The van der Waals surface area contributed by atoms with E-state index in [1.807, 2.05) is 0 Å². The number of methoxy groups -OCH3 is 1. The van der Waals surface area contributed by atoms with Gasteiger partial charge in [0.1, 0.15) is 6.61 Å². The largest absolute Gasteiger partial charge is 0.512 e. The van der Waals surface area contributed by atoms with E-state index in [-0.39, 0.29) is 24.3 Å². The predicted molar refractivity (Wildman–Crippen MR) is 117 cm³/mol. The first-order chi connectivity index (χ1) is 14.3. The summed E-state index contributed by atoms with van der Waals surface area (Å²) in [5.41, 5.74) is 7.98. The fourth-order valence-corrected chi connectivity index (χ4v) is 2.69. The maximum atomic E-state index is 12.2. The number of aliphatic hydroxyl groups excluding tert-OH is 1. The monoisotopic (exact) mass is 410 g/mol.